The first-order valence-electron chi connectivity index (χ1n) is 9.29. The Morgan fingerprint density at radius 1 is 1.08 bits per heavy atom. The predicted octanol–water partition coefficient (Wildman–Crippen LogP) is 3.35. The molecule has 5 nitrogen and oxygen atoms in total. The third-order valence-corrected chi connectivity index (χ3v) is 5.57. The molecule has 0 spiro atoms. The number of piperazine rings is 1. The minimum atomic E-state index is 0.0451. The summed E-state index contributed by atoms with van der Waals surface area (Å²) in [5.74, 6) is 0.644. The van der Waals surface area contributed by atoms with Gasteiger partial charge in [0.2, 0.25) is 0 Å². The largest absolute Gasteiger partial charge is 0.360 e. The number of nitrogens with zero attached hydrogens (tertiary/aromatic N) is 3. The van der Waals surface area contributed by atoms with E-state index in [1.54, 1.807) is 0 Å². The van der Waals surface area contributed by atoms with Crippen molar-refractivity contribution in [1.29, 1.82) is 0 Å². The van der Waals surface area contributed by atoms with Crippen molar-refractivity contribution in [3.63, 3.8) is 0 Å². The summed E-state index contributed by atoms with van der Waals surface area (Å²) in [5.41, 5.74) is 2.19. The van der Waals surface area contributed by atoms with Gasteiger partial charge in [-0.1, -0.05) is 48.3 Å². The molecule has 1 saturated heterocycles. The van der Waals surface area contributed by atoms with E-state index in [1.165, 1.54) is 25.7 Å². The van der Waals surface area contributed by atoms with Crippen molar-refractivity contribution in [2.75, 3.05) is 26.2 Å². The highest BCUT2D eigenvalue weighted by Crippen LogP contribution is 2.28. The molecule has 2 aromatic rings. The Kier molecular flexibility index (Phi) is 4.57. The van der Waals surface area contributed by atoms with Gasteiger partial charge in [-0.3, -0.25) is 9.69 Å². The fraction of sp³-hybridized carbons (Fsp3) is 0.500. The second-order valence-corrected chi connectivity index (χ2v) is 7.09. The van der Waals surface area contributed by atoms with Crippen molar-refractivity contribution in [2.45, 2.75) is 38.6 Å². The maximum Gasteiger partial charge on any atom is 0.259 e. The van der Waals surface area contributed by atoms with Crippen LogP contribution in [0.15, 0.2) is 34.9 Å². The molecule has 2 fully saturated rings. The molecular weight excluding hydrogens is 314 g/mol. The highest BCUT2D eigenvalue weighted by Gasteiger charge is 2.31. The van der Waals surface area contributed by atoms with Gasteiger partial charge in [-0.15, -0.1) is 0 Å². The van der Waals surface area contributed by atoms with E-state index in [0.717, 1.165) is 37.8 Å². The van der Waals surface area contributed by atoms with Crippen molar-refractivity contribution >= 4 is 5.91 Å². The fourth-order valence-corrected chi connectivity index (χ4v) is 4.13. The second-order valence-electron chi connectivity index (χ2n) is 7.09. The second kappa shape index (κ2) is 7.00. The third kappa shape index (κ3) is 3.21. The molecule has 1 aliphatic carbocycles. The average molecular weight is 339 g/mol. The first kappa shape index (κ1) is 16.3. The SMILES string of the molecule is Cc1onc(-c2ccccc2)c1C(=O)N1CCN(C2CCCC2)CC1. The van der Waals surface area contributed by atoms with E-state index in [2.05, 4.69) is 10.1 Å². The van der Waals surface area contributed by atoms with Crippen LogP contribution < -0.4 is 0 Å². The number of aryl methyl sites for hydroxylation is 1. The first-order valence-corrected chi connectivity index (χ1v) is 9.29. The molecule has 4 rings (SSSR count). The lowest BCUT2D eigenvalue weighted by molar-refractivity contribution is 0.0572. The quantitative estimate of drug-likeness (QED) is 0.860. The van der Waals surface area contributed by atoms with Crippen molar-refractivity contribution in [1.82, 2.24) is 15.0 Å². The molecule has 0 N–H and O–H groups in total. The van der Waals surface area contributed by atoms with Crippen molar-refractivity contribution in [2.24, 2.45) is 0 Å². The van der Waals surface area contributed by atoms with Gasteiger partial charge in [0.05, 0.1) is 0 Å². The van der Waals surface area contributed by atoms with Gasteiger partial charge < -0.3 is 9.42 Å². The number of hydrogen-bond acceptors (Lipinski definition) is 4. The molecule has 25 heavy (non-hydrogen) atoms. The van der Waals surface area contributed by atoms with Crippen LogP contribution in [0.25, 0.3) is 11.3 Å². The van der Waals surface area contributed by atoms with E-state index in [4.69, 9.17) is 4.52 Å². The lowest BCUT2D eigenvalue weighted by atomic mass is 10.0. The number of rotatable bonds is 3. The average Bonchev–Trinajstić information content (AvgIpc) is 3.32. The van der Waals surface area contributed by atoms with Crippen molar-refractivity contribution in [3.8, 4) is 11.3 Å². The Bertz CT molecular complexity index is 727. The van der Waals surface area contributed by atoms with Crippen LogP contribution in [0, 0.1) is 6.92 Å². The zero-order valence-electron chi connectivity index (χ0n) is 14.8. The standard InChI is InChI=1S/C20H25N3O2/c1-15-18(19(21-25-15)16-7-3-2-4-8-16)20(24)23-13-11-22(12-14-23)17-9-5-6-10-17/h2-4,7-8,17H,5-6,9-14H2,1H3. The fourth-order valence-electron chi connectivity index (χ4n) is 4.13. The van der Waals surface area contributed by atoms with Gasteiger partial charge in [0.15, 0.2) is 0 Å². The van der Waals surface area contributed by atoms with E-state index in [9.17, 15) is 4.79 Å². The summed E-state index contributed by atoms with van der Waals surface area (Å²) in [7, 11) is 0. The zero-order chi connectivity index (χ0) is 17.2. The molecule has 1 aromatic carbocycles. The number of aromatic nitrogens is 1. The maximum absolute atomic E-state index is 13.1. The van der Waals surface area contributed by atoms with Crippen LogP contribution in [0.1, 0.15) is 41.8 Å². The summed E-state index contributed by atoms with van der Waals surface area (Å²) in [6, 6.07) is 10.5. The Morgan fingerprint density at radius 2 is 1.76 bits per heavy atom. The summed E-state index contributed by atoms with van der Waals surface area (Å²) in [6.45, 7) is 5.34. The minimum absolute atomic E-state index is 0.0451. The van der Waals surface area contributed by atoms with Crippen LogP contribution in [0.5, 0.6) is 0 Å². The Balaban J connectivity index is 1.50. The molecule has 2 heterocycles. The van der Waals surface area contributed by atoms with Crippen LogP contribution in [-0.2, 0) is 0 Å². The third-order valence-electron chi connectivity index (χ3n) is 5.57. The number of hydrogen-bond donors (Lipinski definition) is 0. The minimum Gasteiger partial charge on any atom is -0.360 e. The molecule has 132 valence electrons. The van der Waals surface area contributed by atoms with Crippen LogP contribution >= 0.6 is 0 Å². The van der Waals surface area contributed by atoms with Gasteiger partial charge in [-0.2, -0.15) is 0 Å². The molecule has 1 aliphatic heterocycles. The predicted molar refractivity (Wildman–Crippen MR) is 96.4 cm³/mol. The molecule has 0 radical (unpaired) electrons. The molecule has 0 atom stereocenters. The summed E-state index contributed by atoms with van der Waals surface area (Å²) in [5, 5.41) is 4.15. The molecule has 1 aromatic heterocycles. The normalized spacial score (nSPS) is 19.5. The molecule has 0 unspecified atom stereocenters. The van der Waals surface area contributed by atoms with Gasteiger partial charge >= 0.3 is 0 Å². The highest BCUT2D eigenvalue weighted by atomic mass is 16.5. The number of carbonyl (C=O) groups is 1. The maximum atomic E-state index is 13.1. The molecule has 1 amide bonds. The van der Waals surface area contributed by atoms with Crippen molar-refractivity contribution < 1.29 is 9.32 Å². The van der Waals surface area contributed by atoms with Gasteiger partial charge in [-0.05, 0) is 19.8 Å². The van der Waals surface area contributed by atoms with Crippen molar-refractivity contribution in [3.05, 3.63) is 41.7 Å². The van der Waals surface area contributed by atoms with Gasteiger partial charge in [0.1, 0.15) is 17.0 Å². The number of carbonyl (C=O) groups excluding carboxylic acids is 1. The highest BCUT2D eigenvalue weighted by molar-refractivity contribution is 6.00. The van der Waals surface area contributed by atoms with Gasteiger partial charge in [0.25, 0.3) is 5.91 Å². The van der Waals surface area contributed by atoms with E-state index in [1.807, 2.05) is 42.2 Å². The molecule has 5 heteroatoms. The van der Waals surface area contributed by atoms with Gasteiger partial charge in [-0.25, -0.2) is 0 Å². The monoisotopic (exact) mass is 339 g/mol. The van der Waals surface area contributed by atoms with E-state index < -0.39 is 0 Å². The summed E-state index contributed by atoms with van der Waals surface area (Å²) < 4.78 is 5.36. The molecule has 0 bridgehead atoms. The number of benzene rings is 1. The van der Waals surface area contributed by atoms with E-state index in [0.29, 0.717) is 17.0 Å². The van der Waals surface area contributed by atoms with E-state index >= 15 is 0 Å². The zero-order valence-corrected chi connectivity index (χ0v) is 14.8. The molecule has 2 aliphatic rings. The van der Waals surface area contributed by atoms with Crippen LogP contribution in [0.3, 0.4) is 0 Å². The molecule has 1 saturated carbocycles. The molecular formula is C20H25N3O2. The number of amides is 1. The smallest absolute Gasteiger partial charge is 0.259 e. The van der Waals surface area contributed by atoms with E-state index in [-0.39, 0.29) is 5.91 Å². The summed E-state index contributed by atoms with van der Waals surface area (Å²) in [6.07, 6.45) is 5.34. The topological polar surface area (TPSA) is 49.6 Å². The summed E-state index contributed by atoms with van der Waals surface area (Å²) in [4.78, 5) is 17.6. The lowest BCUT2D eigenvalue weighted by Gasteiger charge is -2.38. The Hall–Kier alpha value is -2.14. The Morgan fingerprint density at radius 3 is 2.44 bits per heavy atom. The van der Waals surface area contributed by atoms with Gasteiger partial charge in [0, 0.05) is 37.8 Å². The first-order chi connectivity index (χ1) is 12.2. The summed E-state index contributed by atoms with van der Waals surface area (Å²) >= 11 is 0. The van der Waals surface area contributed by atoms with Crippen LogP contribution in [0.4, 0.5) is 0 Å². The van der Waals surface area contributed by atoms with Crippen LogP contribution in [-0.4, -0.2) is 53.1 Å². The lowest BCUT2D eigenvalue weighted by Crippen LogP contribution is -2.51. The van der Waals surface area contributed by atoms with Crippen LogP contribution in [0.2, 0.25) is 0 Å². The Labute approximate surface area is 148 Å².